The third-order valence-corrected chi connectivity index (χ3v) is 3.73. The summed E-state index contributed by atoms with van der Waals surface area (Å²) in [6.07, 6.45) is 2.21. The van der Waals surface area contributed by atoms with Crippen molar-refractivity contribution in [2.24, 2.45) is 0 Å². The Labute approximate surface area is 123 Å². The van der Waals surface area contributed by atoms with Gasteiger partial charge in [0.2, 0.25) is 0 Å². The lowest BCUT2D eigenvalue weighted by molar-refractivity contribution is 0.527. The second kappa shape index (κ2) is 7.25. The molecule has 0 bridgehead atoms. The zero-order chi connectivity index (χ0) is 14.4. The topological polar surface area (TPSA) is 12.0 Å². The van der Waals surface area contributed by atoms with Crippen LogP contribution in [0.5, 0.6) is 0 Å². The molecule has 20 heavy (non-hydrogen) atoms. The molecule has 1 unspecified atom stereocenters. The normalized spacial score (nSPS) is 12.3. The van der Waals surface area contributed by atoms with Gasteiger partial charge in [0.15, 0.2) is 0 Å². The molecular weight excluding hydrogens is 242 g/mol. The van der Waals surface area contributed by atoms with Gasteiger partial charge >= 0.3 is 0 Å². The summed E-state index contributed by atoms with van der Waals surface area (Å²) in [5.41, 5.74) is 5.53. The van der Waals surface area contributed by atoms with Crippen molar-refractivity contribution in [3.8, 4) is 0 Å². The molecule has 106 valence electrons. The SMILES string of the molecule is CCCNC(Cc1cccc(C)c1)c1ccccc1C. The van der Waals surface area contributed by atoms with Crippen molar-refractivity contribution in [3.63, 3.8) is 0 Å². The van der Waals surface area contributed by atoms with Crippen LogP contribution in [0.4, 0.5) is 0 Å². The Morgan fingerprint density at radius 3 is 2.50 bits per heavy atom. The summed E-state index contributed by atoms with van der Waals surface area (Å²) < 4.78 is 0. The molecule has 0 radical (unpaired) electrons. The molecule has 0 fully saturated rings. The van der Waals surface area contributed by atoms with Gasteiger partial charge in [0.05, 0.1) is 0 Å². The van der Waals surface area contributed by atoms with Crippen LogP contribution in [0, 0.1) is 13.8 Å². The van der Waals surface area contributed by atoms with Gasteiger partial charge in [-0.15, -0.1) is 0 Å². The van der Waals surface area contributed by atoms with Gasteiger partial charge in [-0.1, -0.05) is 61.0 Å². The van der Waals surface area contributed by atoms with Crippen LogP contribution in [-0.4, -0.2) is 6.54 Å². The predicted molar refractivity (Wildman–Crippen MR) is 87.1 cm³/mol. The Morgan fingerprint density at radius 1 is 1.00 bits per heavy atom. The lowest BCUT2D eigenvalue weighted by Gasteiger charge is -2.21. The third-order valence-electron chi connectivity index (χ3n) is 3.73. The monoisotopic (exact) mass is 267 g/mol. The van der Waals surface area contributed by atoms with Crippen molar-refractivity contribution in [2.75, 3.05) is 6.54 Å². The molecule has 0 spiro atoms. The number of benzene rings is 2. The minimum absolute atomic E-state index is 0.401. The van der Waals surface area contributed by atoms with E-state index >= 15 is 0 Å². The third kappa shape index (κ3) is 3.94. The van der Waals surface area contributed by atoms with Crippen LogP contribution < -0.4 is 5.32 Å². The fourth-order valence-electron chi connectivity index (χ4n) is 2.66. The number of aryl methyl sites for hydroxylation is 2. The van der Waals surface area contributed by atoms with E-state index in [9.17, 15) is 0 Å². The van der Waals surface area contributed by atoms with E-state index in [1.807, 2.05) is 0 Å². The molecule has 0 aliphatic carbocycles. The summed E-state index contributed by atoms with van der Waals surface area (Å²) in [5.74, 6) is 0. The molecule has 2 aromatic rings. The number of rotatable bonds is 6. The first-order valence-corrected chi connectivity index (χ1v) is 7.55. The summed E-state index contributed by atoms with van der Waals surface area (Å²) in [5, 5.41) is 3.69. The van der Waals surface area contributed by atoms with Crippen LogP contribution in [0.15, 0.2) is 48.5 Å². The Bertz CT molecular complexity index is 545. The first-order chi connectivity index (χ1) is 9.70. The van der Waals surface area contributed by atoms with Gasteiger partial charge in [0.25, 0.3) is 0 Å². The van der Waals surface area contributed by atoms with Gasteiger partial charge in [-0.3, -0.25) is 0 Å². The standard InChI is InChI=1S/C19H25N/c1-4-12-20-19(18-11-6-5-9-16(18)3)14-17-10-7-8-15(2)13-17/h5-11,13,19-20H,4,12,14H2,1-3H3. The summed E-state index contributed by atoms with van der Waals surface area (Å²) in [7, 11) is 0. The van der Waals surface area contributed by atoms with Crippen molar-refractivity contribution in [3.05, 3.63) is 70.8 Å². The van der Waals surface area contributed by atoms with Gasteiger partial charge < -0.3 is 5.32 Å². The average Bonchev–Trinajstić information content (AvgIpc) is 2.44. The summed E-state index contributed by atoms with van der Waals surface area (Å²) in [6, 6.07) is 17.9. The maximum Gasteiger partial charge on any atom is 0.0363 e. The molecule has 1 heteroatoms. The lowest BCUT2D eigenvalue weighted by Crippen LogP contribution is -2.24. The van der Waals surface area contributed by atoms with E-state index in [0.717, 1.165) is 19.4 Å². The van der Waals surface area contributed by atoms with Crippen LogP contribution in [0.2, 0.25) is 0 Å². The first-order valence-electron chi connectivity index (χ1n) is 7.55. The van der Waals surface area contributed by atoms with Crippen LogP contribution in [0.1, 0.15) is 41.6 Å². The van der Waals surface area contributed by atoms with Crippen LogP contribution in [0.25, 0.3) is 0 Å². The molecule has 1 N–H and O–H groups in total. The molecule has 0 aromatic heterocycles. The zero-order valence-electron chi connectivity index (χ0n) is 12.8. The van der Waals surface area contributed by atoms with Crippen LogP contribution >= 0.6 is 0 Å². The number of hydrogen-bond donors (Lipinski definition) is 1. The minimum Gasteiger partial charge on any atom is -0.310 e. The molecule has 0 aliphatic rings. The van der Waals surface area contributed by atoms with Crippen LogP contribution in [0.3, 0.4) is 0 Å². The maximum atomic E-state index is 3.69. The smallest absolute Gasteiger partial charge is 0.0363 e. The second-order valence-electron chi connectivity index (χ2n) is 5.56. The highest BCUT2D eigenvalue weighted by Crippen LogP contribution is 2.22. The minimum atomic E-state index is 0.401. The zero-order valence-corrected chi connectivity index (χ0v) is 12.8. The van der Waals surface area contributed by atoms with E-state index in [2.05, 4.69) is 74.6 Å². The largest absolute Gasteiger partial charge is 0.310 e. The summed E-state index contributed by atoms with van der Waals surface area (Å²) in [6.45, 7) is 7.64. The molecule has 2 rings (SSSR count). The van der Waals surface area contributed by atoms with Crippen molar-refractivity contribution < 1.29 is 0 Å². The Hall–Kier alpha value is -1.60. The van der Waals surface area contributed by atoms with Crippen molar-refractivity contribution in [1.82, 2.24) is 5.32 Å². The molecule has 0 heterocycles. The van der Waals surface area contributed by atoms with Crippen molar-refractivity contribution in [2.45, 2.75) is 39.7 Å². The van der Waals surface area contributed by atoms with E-state index < -0.39 is 0 Å². The van der Waals surface area contributed by atoms with E-state index in [0.29, 0.717) is 6.04 Å². The van der Waals surface area contributed by atoms with Crippen molar-refractivity contribution >= 4 is 0 Å². The molecule has 1 atom stereocenters. The predicted octanol–water partition coefficient (Wildman–Crippen LogP) is 4.59. The van der Waals surface area contributed by atoms with Gasteiger partial charge in [-0.05, 0) is 49.9 Å². The van der Waals surface area contributed by atoms with E-state index in [1.165, 1.54) is 22.3 Å². The lowest BCUT2D eigenvalue weighted by atomic mass is 9.94. The average molecular weight is 267 g/mol. The number of nitrogens with one attached hydrogen (secondary N) is 1. The quantitative estimate of drug-likeness (QED) is 0.807. The van der Waals surface area contributed by atoms with E-state index in [4.69, 9.17) is 0 Å². The van der Waals surface area contributed by atoms with Gasteiger partial charge in [-0.25, -0.2) is 0 Å². The van der Waals surface area contributed by atoms with E-state index in [1.54, 1.807) is 0 Å². The van der Waals surface area contributed by atoms with Gasteiger partial charge in [-0.2, -0.15) is 0 Å². The van der Waals surface area contributed by atoms with Gasteiger partial charge in [0, 0.05) is 6.04 Å². The summed E-state index contributed by atoms with van der Waals surface area (Å²) >= 11 is 0. The highest BCUT2D eigenvalue weighted by Gasteiger charge is 2.13. The van der Waals surface area contributed by atoms with Crippen LogP contribution in [-0.2, 0) is 6.42 Å². The fraction of sp³-hybridized carbons (Fsp3) is 0.368. The van der Waals surface area contributed by atoms with Gasteiger partial charge in [0.1, 0.15) is 0 Å². The Kier molecular flexibility index (Phi) is 5.37. The highest BCUT2D eigenvalue weighted by molar-refractivity contribution is 5.31. The highest BCUT2D eigenvalue weighted by atomic mass is 14.9. The molecule has 0 amide bonds. The molecule has 2 aromatic carbocycles. The second-order valence-corrected chi connectivity index (χ2v) is 5.56. The number of hydrogen-bond acceptors (Lipinski definition) is 1. The van der Waals surface area contributed by atoms with Crippen molar-refractivity contribution in [1.29, 1.82) is 0 Å². The molecule has 0 saturated carbocycles. The fourth-order valence-corrected chi connectivity index (χ4v) is 2.66. The first kappa shape index (κ1) is 14.8. The van der Waals surface area contributed by atoms with E-state index in [-0.39, 0.29) is 0 Å². The Balaban J connectivity index is 2.22. The summed E-state index contributed by atoms with van der Waals surface area (Å²) in [4.78, 5) is 0. The maximum absolute atomic E-state index is 3.69. The Morgan fingerprint density at radius 2 is 1.80 bits per heavy atom. The molecular formula is C19H25N. The molecule has 1 nitrogen and oxygen atoms in total. The molecule has 0 saturated heterocycles. The molecule has 0 aliphatic heterocycles.